The van der Waals surface area contributed by atoms with Crippen LogP contribution in [-0.4, -0.2) is 48.7 Å². The SMILES string of the molecule is CCN(CCO)CC(=O)N(CC#N)c1ccccc1. The minimum Gasteiger partial charge on any atom is -0.395 e. The molecule has 0 spiro atoms. The number of hydrogen-bond acceptors (Lipinski definition) is 4. The number of benzene rings is 1. The maximum Gasteiger partial charge on any atom is 0.242 e. The van der Waals surface area contributed by atoms with Crippen LogP contribution in [0.25, 0.3) is 0 Å². The van der Waals surface area contributed by atoms with Gasteiger partial charge >= 0.3 is 0 Å². The van der Waals surface area contributed by atoms with Gasteiger partial charge in [0.25, 0.3) is 0 Å². The lowest BCUT2D eigenvalue weighted by Crippen LogP contribution is -2.41. The van der Waals surface area contributed by atoms with E-state index in [0.29, 0.717) is 18.8 Å². The van der Waals surface area contributed by atoms with E-state index in [1.165, 1.54) is 4.90 Å². The Morgan fingerprint density at radius 2 is 2.05 bits per heavy atom. The highest BCUT2D eigenvalue weighted by molar-refractivity contribution is 5.95. The molecule has 1 aromatic rings. The first-order valence-corrected chi connectivity index (χ1v) is 6.28. The molecule has 0 bridgehead atoms. The van der Waals surface area contributed by atoms with Gasteiger partial charge in [0.05, 0.1) is 19.2 Å². The largest absolute Gasteiger partial charge is 0.395 e. The molecular formula is C14H19N3O2. The first-order valence-electron chi connectivity index (χ1n) is 6.28. The van der Waals surface area contributed by atoms with Crippen molar-refractivity contribution in [3.8, 4) is 6.07 Å². The second-order valence-corrected chi connectivity index (χ2v) is 4.07. The van der Waals surface area contributed by atoms with Crippen molar-refractivity contribution in [3.63, 3.8) is 0 Å². The smallest absolute Gasteiger partial charge is 0.242 e. The highest BCUT2D eigenvalue weighted by Gasteiger charge is 2.17. The van der Waals surface area contributed by atoms with Crippen molar-refractivity contribution in [2.45, 2.75) is 6.92 Å². The predicted molar refractivity (Wildman–Crippen MR) is 73.6 cm³/mol. The van der Waals surface area contributed by atoms with E-state index in [9.17, 15) is 4.79 Å². The summed E-state index contributed by atoms with van der Waals surface area (Å²) in [6, 6.07) is 11.1. The highest BCUT2D eigenvalue weighted by atomic mass is 16.3. The van der Waals surface area contributed by atoms with Gasteiger partial charge in [0.1, 0.15) is 6.54 Å². The molecular weight excluding hydrogens is 242 g/mol. The van der Waals surface area contributed by atoms with Gasteiger partial charge < -0.3 is 5.11 Å². The Labute approximate surface area is 113 Å². The summed E-state index contributed by atoms with van der Waals surface area (Å²) in [5.74, 6) is -0.136. The van der Waals surface area contributed by atoms with Crippen LogP contribution in [-0.2, 0) is 4.79 Å². The third-order valence-electron chi connectivity index (χ3n) is 2.82. The summed E-state index contributed by atoms with van der Waals surface area (Å²) in [4.78, 5) is 15.5. The number of nitriles is 1. The van der Waals surface area contributed by atoms with Gasteiger partial charge in [-0.3, -0.25) is 14.6 Å². The fourth-order valence-corrected chi connectivity index (χ4v) is 1.77. The summed E-state index contributed by atoms with van der Waals surface area (Å²) in [5.41, 5.74) is 0.717. The lowest BCUT2D eigenvalue weighted by atomic mass is 10.2. The summed E-state index contributed by atoms with van der Waals surface area (Å²) in [6.07, 6.45) is 0. The van der Waals surface area contributed by atoms with Crippen molar-refractivity contribution in [1.82, 2.24) is 4.90 Å². The van der Waals surface area contributed by atoms with E-state index in [1.807, 2.05) is 36.1 Å². The number of anilines is 1. The second kappa shape index (κ2) is 8.25. The fourth-order valence-electron chi connectivity index (χ4n) is 1.77. The Bertz CT molecular complexity index is 428. The highest BCUT2D eigenvalue weighted by Crippen LogP contribution is 2.13. The maximum atomic E-state index is 12.2. The van der Waals surface area contributed by atoms with Gasteiger partial charge in [0.2, 0.25) is 5.91 Å². The van der Waals surface area contributed by atoms with Crippen LogP contribution in [0.2, 0.25) is 0 Å². The zero-order valence-electron chi connectivity index (χ0n) is 11.1. The summed E-state index contributed by atoms with van der Waals surface area (Å²) in [7, 11) is 0. The molecule has 0 aliphatic carbocycles. The molecule has 0 aromatic heterocycles. The minimum atomic E-state index is -0.136. The molecule has 0 heterocycles. The van der Waals surface area contributed by atoms with Crippen LogP contribution < -0.4 is 4.90 Å². The molecule has 102 valence electrons. The lowest BCUT2D eigenvalue weighted by molar-refractivity contribution is -0.119. The molecule has 0 saturated heterocycles. The second-order valence-electron chi connectivity index (χ2n) is 4.07. The Morgan fingerprint density at radius 3 is 2.58 bits per heavy atom. The number of aliphatic hydroxyl groups is 1. The van der Waals surface area contributed by atoms with Gasteiger partial charge in [0, 0.05) is 12.2 Å². The molecule has 0 fully saturated rings. The molecule has 5 nitrogen and oxygen atoms in total. The van der Waals surface area contributed by atoms with E-state index in [-0.39, 0.29) is 25.6 Å². The Kier molecular flexibility index (Phi) is 6.58. The number of likely N-dealkylation sites (N-methyl/N-ethyl adjacent to an activating group) is 1. The monoisotopic (exact) mass is 261 g/mol. The van der Waals surface area contributed by atoms with Gasteiger partial charge in [-0.2, -0.15) is 5.26 Å². The molecule has 0 aliphatic heterocycles. The van der Waals surface area contributed by atoms with Crippen LogP contribution in [0.5, 0.6) is 0 Å². The van der Waals surface area contributed by atoms with Gasteiger partial charge in [-0.05, 0) is 18.7 Å². The Morgan fingerprint density at radius 1 is 1.37 bits per heavy atom. The zero-order valence-corrected chi connectivity index (χ0v) is 11.1. The zero-order chi connectivity index (χ0) is 14.1. The van der Waals surface area contributed by atoms with E-state index in [1.54, 1.807) is 12.1 Å². The number of para-hydroxylation sites is 1. The Balaban J connectivity index is 2.77. The standard InChI is InChI=1S/C14H19N3O2/c1-2-16(10-11-18)12-14(19)17(9-8-15)13-6-4-3-5-7-13/h3-7,18H,2,9-12H2,1H3. The average Bonchev–Trinajstić information content (AvgIpc) is 2.45. The number of carbonyl (C=O) groups excluding carboxylic acids is 1. The van der Waals surface area contributed by atoms with Gasteiger partial charge in [-0.1, -0.05) is 25.1 Å². The molecule has 19 heavy (non-hydrogen) atoms. The molecule has 0 radical (unpaired) electrons. The number of amides is 1. The molecule has 0 unspecified atom stereocenters. The van der Waals surface area contributed by atoms with Crippen LogP contribution in [0.15, 0.2) is 30.3 Å². The predicted octanol–water partition coefficient (Wildman–Crippen LogP) is 0.857. The number of hydrogen-bond donors (Lipinski definition) is 1. The normalized spacial score (nSPS) is 10.2. The third kappa shape index (κ3) is 4.70. The number of carbonyl (C=O) groups is 1. The first-order chi connectivity index (χ1) is 9.22. The molecule has 1 amide bonds. The van der Waals surface area contributed by atoms with E-state index in [4.69, 9.17) is 10.4 Å². The van der Waals surface area contributed by atoms with Crippen molar-refractivity contribution in [1.29, 1.82) is 5.26 Å². The van der Waals surface area contributed by atoms with E-state index in [0.717, 1.165) is 0 Å². The molecule has 1 N–H and O–H groups in total. The lowest BCUT2D eigenvalue weighted by Gasteiger charge is -2.24. The van der Waals surface area contributed by atoms with Crippen LogP contribution in [0, 0.1) is 11.3 Å². The minimum absolute atomic E-state index is 0.0186. The number of rotatable bonds is 7. The van der Waals surface area contributed by atoms with Crippen molar-refractivity contribution < 1.29 is 9.90 Å². The van der Waals surface area contributed by atoms with Crippen molar-refractivity contribution in [3.05, 3.63) is 30.3 Å². The molecule has 1 rings (SSSR count). The fraction of sp³-hybridized carbons (Fsp3) is 0.429. The maximum absolute atomic E-state index is 12.2. The first kappa shape index (κ1) is 15.2. The van der Waals surface area contributed by atoms with Gasteiger partial charge in [0.15, 0.2) is 0 Å². The number of aliphatic hydroxyl groups excluding tert-OH is 1. The molecule has 0 atom stereocenters. The van der Waals surface area contributed by atoms with Gasteiger partial charge in [-0.15, -0.1) is 0 Å². The molecule has 5 heteroatoms. The van der Waals surface area contributed by atoms with Crippen molar-refractivity contribution in [2.24, 2.45) is 0 Å². The van der Waals surface area contributed by atoms with E-state index < -0.39 is 0 Å². The van der Waals surface area contributed by atoms with Crippen molar-refractivity contribution >= 4 is 11.6 Å². The van der Waals surface area contributed by atoms with Crippen LogP contribution in [0.4, 0.5) is 5.69 Å². The topological polar surface area (TPSA) is 67.6 Å². The third-order valence-corrected chi connectivity index (χ3v) is 2.82. The summed E-state index contributed by atoms with van der Waals surface area (Å²) < 4.78 is 0. The Hall–Kier alpha value is -1.90. The van der Waals surface area contributed by atoms with E-state index >= 15 is 0 Å². The quantitative estimate of drug-likeness (QED) is 0.739. The number of nitrogens with zero attached hydrogens (tertiary/aromatic N) is 3. The summed E-state index contributed by atoms with van der Waals surface area (Å²) in [5, 5.41) is 17.8. The summed E-state index contributed by atoms with van der Waals surface area (Å²) >= 11 is 0. The van der Waals surface area contributed by atoms with Crippen LogP contribution in [0.1, 0.15) is 6.92 Å². The van der Waals surface area contributed by atoms with E-state index in [2.05, 4.69) is 0 Å². The summed E-state index contributed by atoms with van der Waals surface area (Å²) in [6.45, 7) is 3.32. The van der Waals surface area contributed by atoms with Crippen LogP contribution >= 0.6 is 0 Å². The van der Waals surface area contributed by atoms with Crippen LogP contribution in [0.3, 0.4) is 0 Å². The van der Waals surface area contributed by atoms with Gasteiger partial charge in [-0.25, -0.2) is 0 Å². The van der Waals surface area contributed by atoms with Crippen molar-refractivity contribution in [2.75, 3.05) is 37.7 Å². The molecule has 0 aliphatic rings. The average molecular weight is 261 g/mol. The molecule has 0 saturated carbocycles. The molecule has 1 aromatic carbocycles.